The van der Waals surface area contributed by atoms with E-state index >= 15 is 0 Å². The summed E-state index contributed by atoms with van der Waals surface area (Å²) in [6.07, 6.45) is 0. The summed E-state index contributed by atoms with van der Waals surface area (Å²) in [5, 5.41) is 6.06. The molecule has 5 nitrogen and oxygen atoms in total. The van der Waals surface area contributed by atoms with Gasteiger partial charge in [0.05, 0.1) is 29.1 Å². The number of nitrogens with zero attached hydrogens (tertiary/aromatic N) is 3. The first-order valence-electron chi connectivity index (χ1n) is 9.64. The van der Waals surface area contributed by atoms with Gasteiger partial charge in [0.15, 0.2) is 0 Å². The molecule has 0 amide bonds. The number of hydrogen-bond donors (Lipinski definition) is 1. The Labute approximate surface area is 181 Å². The highest BCUT2D eigenvalue weighted by Crippen LogP contribution is 2.35. The Hall–Kier alpha value is -2.68. The van der Waals surface area contributed by atoms with Crippen molar-refractivity contribution >= 4 is 50.6 Å². The van der Waals surface area contributed by atoms with Crippen molar-refractivity contribution in [2.24, 2.45) is 0 Å². The van der Waals surface area contributed by atoms with Crippen LogP contribution < -0.4 is 10.2 Å². The first-order chi connectivity index (χ1) is 14.8. The van der Waals surface area contributed by atoms with E-state index in [1.165, 1.54) is 6.07 Å². The fourth-order valence-corrected chi connectivity index (χ4v) is 5.17. The third-order valence-corrected chi connectivity index (χ3v) is 6.82. The van der Waals surface area contributed by atoms with Crippen LogP contribution in [0.3, 0.4) is 0 Å². The Bertz CT molecular complexity index is 1160. The molecule has 0 bridgehead atoms. The van der Waals surface area contributed by atoms with Crippen LogP contribution in [-0.2, 0) is 4.74 Å². The summed E-state index contributed by atoms with van der Waals surface area (Å²) in [6, 6.07) is 17.2. The molecular weight excluding hydrogens is 419 g/mol. The summed E-state index contributed by atoms with van der Waals surface area (Å²) in [4.78, 5) is 12.4. The van der Waals surface area contributed by atoms with E-state index in [9.17, 15) is 4.39 Å². The minimum absolute atomic E-state index is 0.266. The van der Waals surface area contributed by atoms with Gasteiger partial charge in [-0.05, 0) is 41.8 Å². The summed E-state index contributed by atoms with van der Waals surface area (Å²) in [6.45, 7) is 2.63. The van der Waals surface area contributed by atoms with Crippen LogP contribution in [0.4, 0.5) is 21.7 Å². The molecule has 1 aliphatic rings. The molecular formula is C22H19FN4OS2. The zero-order chi connectivity index (χ0) is 20.3. The normalized spacial score (nSPS) is 14.2. The van der Waals surface area contributed by atoms with Crippen molar-refractivity contribution < 1.29 is 9.13 Å². The highest BCUT2D eigenvalue weighted by molar-refractivity contribution is 7.99. The van der Waals surface area contributed by atoms with E-state index in [-0.39, 0.29) is 5.82 Å². The Morgan fingerprint density at radius 3 is 2.67 bits per heavy atom. The summed E-state index contributed by atoms with van der Waals surface area (Å²) < 4.78 is 21.1. The van der Waals surface area contributed by atoms with Gasteiger partial charge in [-0.3, -0.25) is 0 Å². The fraction of sp³-hybridized carbons (Fsp3) is 0.182. The highest BCUT2D eigenvalue weighted by Gasteiger charge is 2.16. The lowest BCUT2D eigenvalue weighted by atomic mass is 10.2. The van der Waals surface area contributed by atoms with Crippen LogP contribution in [0.15, 0.2) is 69.9 Å². The lowest BCUT2D eigenvalue weighted by Gasteiger charge is -2.29. The molecule has 1 fully saturated rings. The Kier molecular flexibility index (Phi) is 5.52. The molecule has 2 aromatic carbocycles. The minimum atomic E-state index is -0.266. The summed E-state index contributed by atoms with van der Waals surface area (Å²) in [5.74, 6) is 0.190. The average Bonchev–Trinajstić information content (AvgIpc) is 3.24. The van der Waals surface area contributed by atoms with Gasteiger partial charge in [-0.25, -0.2) is 14.4 Å². The molecule has 152 valence electrons. The maximum Gasteiger partial charge on any atom is 0.228 e. The fourth-order valence-electron chi connectivity index (χ4n) is 3.34. The van der Waals surface area contributed by atoms with Crippen LogP contribution in [0.2, 0.25) is 0 Å². The molecule has 0 radical (unpaired) electrons. The van der Waals surface area contributed by atoms with Crippen molar-refractivity contribution in [1.29, 1.82) is 0 Å². The number of halogens is 1. The van der Waals surface area contributed by atoms with Gasteiger partial charge in [0, 0.05) is 23.7 Å². The van der Waals surface area contributed by atoms with Gasteiger partial charge in [-0.15, -0.1) is 11.3 Å². The predicted octanol–water partition coefficient (Wildman–Crippen LogP) is 5.56. The molecule has 1 saturated heterocycles. The maximum atomic E-state index is 14.7. The quantitative estimate of drug-likeness (QED) is 0.412. The number of fused-ring (bicyclic) bond motifs is 1. The summed E-state index contributed by atoms with van der Waals surface area (Å²) in [7, 11) is 0. The number of aromatic nitrogens is 2. The second kappa shape index (κ2) is 8.59. The van der Waals surface area contributed by atoms with E-state index in [1.807, 2.05) is 40.6 Å². The number of nitrogens with one attached hydrogen (secondary N) is 1. The lowest BCUT2D eigenvalue weighted by molar-refractivity contribution is 0.122. The second-order valence-corrected chi connectivity index (χ2v) is 8.77. The van der Waals surface area contributed by atoms with E-state index in [0.717, 1.165) is 20.1 Å². The van der Waals surface area contributed by atoms with Gasteiger partial charge in [-0.1, -0.05) is 30.0 Å². The highest BCUT2D eigenvalue weighted by atomic mass is 32.2. The minimum Gasteiger partial charge on any atom is -0.378 e. The van der Waals surface area contributed by atoms with Gasteiger partial charge in [0.25, 0.3) is 0 Å². The van der Waals surface area contributed by atoms with E-state index < -0.39 is 0 Å². The van der Waals surface area contributed by atoms with Crippen molar-refractivity contribution in [3.05, 3.63) is 65.8 Å². The molecule has 8 heteroatoms. The Morgan fingerprint density at radius 1 is 1.03 bits per heavy atom. The van der Waals surface area contributed by atoms with Crippen LogP contribution in [0, 0.1) is 5.82 Å². The first-order valence-corrected chi connectivity index (χ1v) is 11.3. The van der Waals surface area contributed by atoms with Crippen molar-refractivity contribution in [3.8, 4) is 0 Å². The number of anilines is 3. The molecule has 3 heterocycles. The van der Waals surface area contributed by atoms with Gasteiger partial charge in [-0.2, -0.15) is 0 Å². The number of benzene rings is 2. The summed E-state index contributed by atoms with van der Waals surface area (Å²) >= 11 is 3.22. The van der Waals surface area contributed by atoms with Crippen LogP contribution >= 0.6 is 23.1 Å². The van der Waals surface area contributed by atoms with Crippen LogP contribution in [0.25, 0.3) is 10.2 Å². The van der Waals surface area contributed by atoms with E-state index in [1.54, 1.807) is 29.2 Å². The molecule has 30 heavy (non-hydrogen) atoms. The largest absolute Gasteiger partial charge is 0.378 e. The molecule has 4 aromatic rings. The van der Waals surface area contributed by atoms with E-state index in [0.29, 0.717) is 43.6 Å². The van der Waals surface area contributed by atoms with Gasteiger partial charge >= 0.3 is 0 Å². The predicted molar refractivity (Wildman–Crippen MR) is 121 cm³/mol. The molecule has 0 aliphatic carbocycles. The maximum absolute atomic E-state index is 14.7. The molecule has 2 aromatic heterocycles. The second-order valence-electron chi connectivity index (χ2n) is 6.79. The van der Waals surface area contributed by atoms with Crippen LogP contribution in [0.1, 0.15) is 0 Å². The van der Waals surface area contributed by atoms with Gasteiger partial charge < -0.3 is 15.0 Å². The molecule has 5 rings (SSSR count). The molecule has 1 N–H and O–H groups in total. The molecule has 0 unspecified atom stereocenters. The van der Waals surface area contributed by atoms with E-state index in [4.69, 9.17) is 9.72 Å². The third-order valence-electron chi connectivity index (χ3n) is 4.79. The SMILES string of the molecule is Fc1cc(Nc2nc(Sc3ccccc3)c3sccc3n2)ccc1N1CCOCC1. The van der Waals surface area contributed by atoms with Crippen molar-refractivity contribution in [1.82, 2.24) is 9.97 Å². The van der Waals surface area contributed by atoms with Gasteiger partial charge in [0.2, 0.25) is 5.95 Å². The molecule has 0 atom stereocenters. The number of thiophene rings is 1. The van der Waals surface area contributed by atoms with Gasteiger partial charge in [0.1, 0.15) is 10.8 Å². The monoisotopic (exact) mass is 438 g/mol. The molecule has 0 saturated carbocycles. The molecule has 0 spiro atoms. The average molecular weight is 439 g/mol. The van der Waals surface area contributed by atoms with Crippen LogP contribution in [-0.4, -0.2) is 36.3 Å². The first kappa shape index (κ1) is 19.3. The number of ether oxygens (including phenoxy) is 1. The van der Waals surface area contributed by atoms with Crippen LogP contribution in [0.5, 0.6) is 0 Å². The standard InChI is InChI=1S/C22H19FN4OS2/c23-17-14-15(6-7-19(17)27-9-11-28-12-10-27)24-22-25-18-8-13-29-20(18)21(26-22)30-16-4-2-1-3-5-16/h1-8,13-14H,9-12H2,(H,24,25,26). The number of rotatable bonds is 5. The topological polar surface area (TPSA) is 50.3 Å². The zero-order valence-corrected chi connectivity index (χ0v) is 17.7. The number of morpholine rings is 1. The molecule has 1 aliphatic heterocycles. The van der Waals surface area contributed by atoms with E-state index in [2.05, 4.69) is 22.4 Å². The summed E-state index contributed by atoms with van der Waals surface area (Å²) in [5.41, 5.74) is 2.09. The van der Waals surface area contributed by atoms with Crippen molar-refractivity contribution in [2.45, 2.75) is 9.92 Å². The zero-order valence-electron chi connectivity index (χ0n) is 16.0. The number of hydrogen-bond acceptors (Lipinski definition) is 7. The third kappa shape index (κ3) is 4.12. The smallest absolute Gasteiger partial charge is 0.228 e. The van der Waals surface area contributed by atoms with Crippen molar-refractivity contribution in [3.63, 3.8) is 0 Å². The lowest BCUT2D eigenvalue weighted by Crippen LogP contribution is -2.36. The Balaban J connectivity index is 1.42. The van der Waals surface area contributed by atoms with Crippen molar-refractivity contribution in [2.75, 3.05) is 36.5 Å². The Morgan fingerprint density at radius 2 is 1.87 bits per heavy atom.